The van der Waals surface area contributed by atoms with Gasteiger partial charge < -0.3 is 4.90 Å². The van der Waals surface area contributed by atoms with E-state index in [0.29, 0.717) is 11.9 Å². The number of carbonyl (C=O) groups excluding carboxylic acids is 1. The molecule has 0 saturated heterocycles. The number of carbonyl (C=O) groups is 1. The third-order valence-corrected chi connectivity index (χ3v) is 1.36. The Hall–Kier alpha value is -0.0500. The van der Waals surface area contributed by atoms with Crippen LogP contribution >= 0.6 is 15.9 Å². The minimum atomic E-state index is 0.0694. The van der Waals surface area contributed by atoms with Gasteiger partial charge in [0.05, 0.1) is 5.33 Å². The molecule has 0 unspecified atom stereocenters. The van der Waals surface area contributed by atoms with E-state index in [1.54, 1.807) is 11.9 Å². The van der Waals surface area contributed by atoms with Crippen molar-refractivity contribution < 1.29 is 4.79 Å². The second-order valence-corrected chi connectivity index (χ2v) is 2.01. The van der Waals surface area contributed by atoms with Gasteiger partial charge in [0.2, 0.25) is 5.91 Å². The second kappa shape index (κ2) is 3.89. The van der Waals surface area contributed by atoms with Gasteiger partial charge in [0.25, 0.3) is 0 Å². The summed E-state index contributed by atoms with van der Waals surface area (Å²) in [5, 5.41) is 0.388. The molecule has 0 saturated carbocycles. The van der Waals surface area contributed by atoms with E-state index >= 15 is 0 Å². The average Bonchev–Trinajstić information content (AvgIpc) is 1.84. The summed E-state index contributed by atoms with van der Waals surface area (Å²) in [7, 11) is 1.72. The van der Waals surface area contributed by atoms with Gasteiger partial charge in [-0.2, -0.15) is 0 Å². The fourth-order valence-electron chi connectivity index (χ4n) is 0.227. The van der Waals surface area contributed by atoms with Gasteiger partial charge in [0, 0.05) is 13.6 Å². The molecule has 0 fully saturated rings. The lowest BCUT2D eigenvalue weighted by atomic mass is 10.6. The summed E-state index contributed by atoms with van der Waals surface area (Å²) in [5.41, 5.74) is 0. The molecule has 0 aromatic rings. The molecule has 0 N–H and O–H groups in total. The number of halogens is 1. The van der Waals surface area contributed by atoms with Crippen LogP contribution in [0.2, 0.25) is 0 Å². The summed E-state index contributed by atoms with van der Waals surface area (Å²) in [4.78, 5) is 12.1. The molecule has 0 atom stereocenters. The van der Waals surface area contributed by atoms with Gasteiger partial charge in [-0.15, -0.1) is 0 Å². The molecule has 0 spiro atoms. The monoisotopic (exact) mass is 178 g/mol. The van der Waals surface area contributed by atoms with E-state index < -0.39 is 0 Å². The molecule has 8 heavy (non-hydrogen) atoms. The minimum absolute atomic E-state index is 0.0694. The SMILES string of the molecule is [CH2]CN(C)C(=O)CBr. The summed E-state index contributed by atoms with van der Waals surface area (Å²) in [5.74, 6) is 0.0694. The van der Waals surface area contributed by atoms with Crippen LogP contribution in [0.15, 0.2) is 0 Å². The average molecular weight is 179 g/mol. The van der Waals surface area contributed by atoms with Crippen LogP contribution in [0.1, 0.15) is 0 Å². The molecule has 0 aromatic heterocycles. The standard InChI is InChI=1S/C5H9BrNO/c1-3-7(2)5(8)4-6/h1,3-4H2,2H3. The highest BCUT2D eigenvalue weighted by molar-refractivity contribution is 9.09. The van der Waals surface area contributed by atoms with Gasteiger partial charge in [0.1, 0.15) is 0 Å². The largest absolute Gasteiger partial charge is 0.345 e. The zero-order valence-electron chi connectivity index (χ0n) is 4.85. The fourth-order valence-corrected chi connectivity index (χ4v) is 0.655. The normalized spacial score (nSPS) is 8.88. The predicted molar refractivity (Wildman–Crippen MR) is 36.8 cm³/mol. The van der Waals surface area contributed by atoms with E-state index in [4.69, 9.17) is 0 Å². The first kappa shape index (κ1) is 7.95. The number of rotatable bonds is 2. The van der Waals surface area contributed by atoms with Crippen LogP contribution in [-0.2, 0) is 4.79 Å². The zero-order valence-corrected chi connectivity index (χ0v) is 6.44. The van der Waals surface area contributed by atoms with Crippen LogP contribution in [0.4, 0.5) is 0 Å². The molecule has 0 aliphatic heterocycles. The lowest BCUT2D eigenvalue weighted by molar-refractivity contribution is -0.126. The number of hydrogen-bond acceptors (Lipinski definition) is 1. The first-order chi connectivity index (χ1) is 3.72. The molecule has 2 nitrogen and oxygen atoms in total. The highest BCUT2D eigenvalue weighted by atomic mass is 79.9. The van der Waals surface area contributed by atoms with Crippen molar-refractivity contribution >= 4 is 21.8 Å². The van der Waals surface area contributed by atoms with Crippen LogP contribution in [-0.4, -0.2) is 29.7 Å². The van der Waals surface area contributed by atoms with Gasteiger partial charge >= 0.3 is 0 Å². The molecular weight excluding hydrogens is 170 g/mol. The summed E-state index contributed by atoms with van der Waals surface area (Å²) >= 11 is 3.04. The molecule has 0 aromatic carbocycles. The predicted octanol–water partition coefficient (Wildman–Crippen LogP) is 0.674. The molecule has 0 aliphatic rings. The van der Waals surface area contributed by atoms with Crippen LogP contribution in [0.25, 0.3) is 0 Å². The lowest BCUT2D eigenvalue weighted by Crippen LogP contribution is -2.26. The number of amides is 1. The highest BCUT2D eigenvalue weighted by Crippen LogP contribution is 1.87. The van der Waals surface area contributed by atoms with Crippen molar-refractivity contribution in [2.75, 3.05) is 18.9 Å². The third kappa shape index (κ3) is 2.31. The fraction of sp³-hybridized carbons (Fsp3) is 0.600. The maximum atomic E-state index is 10.6. The van der Waals surface area contributed by atoms with Crippen molar-refractivity contribution in [2.45, 2.75) is 0 Å². The smallest absolute Gasteiger partial charge is 0.232 e. The van der Waals surface area contributed by atoms with E-state index in [0.717, 1.165) is 0 Å². The van der Waals surface area contributed by atoms with Gasteiger partial charge in [-0.1, -0.05) is 15.9 Å². The van der Waals surface area contributed by atoms with E-state index in [9.17, 15) is 4.79 Å². The molecule has 0 heterocycles. The van der Waals surface area contributed by atoms with Crippen molar-refractivity contribution in [3.8, 4) is 0 Å². The molecule has 1 radical (unpaired) electrons. The Morgan fingerprint density at radius 2 is 2.38 bits per heavy atom. The Morgan fingerprint density at radius 1 is 1.88 bits per heavy atom. The van der Waals surface area contributed by atoms with Gasteiger partial charge in [0.15, 0.2) is 0 Å². The van der Waals surface area contributed by atoms with Crippen molar-refractivity contribution in [1.82, 2.24) is 4.90 Å². The summed E-state index contributed by atoms with van der Waals surface area (Å²) in [6.07, 6.45) is 0. The van der Waals surface area contributed by atoms with Crippen molar-refractivity contribution in [3.63, 3.8) is 0 Å². The Morgan fingerprint density at radius 3 is 2.50 bits per heavy atom. The minimum Gasteiger partial charge on any atom is -0.345 e. The quantitative estimate of drug-likeness (QED) is 0.570. The number of alkyl halides is 1. The Balaban J connectivity index is 3.46. The third-order valence-electron chi connectivity index (χ3n) is 0.875. The first-order valence-corrected chi connectivity index (χ1v) is 3.43. The van der Waals surface area contributed by atoms with Gasteiger partial charge in [-0.05, 0) is 6.92 Å². The summed E-state index contributed by atoms with van der Waals surface area (Å²) < 4.78 is 0. The topological polar surface area (TPSA) is 20.3 Å². The lowest BCUT2D eigenvalue weighted by Gasteiger charge is -2.10. The maximum absolute atomic E-state index is 10.6. The number of hydrogen-bond donors (Lipinski definition) is 0. The Labute approximate surface area is 58.0 Å². The van der Waals surface area contributed by atoms with E-state index in [2.05, 4.69) is 22.9 Å². The van der Waals surface area contributed by atoms with Crippen molar-refractivity contribution in [2.24, 2.45) is 0 Å². The molecule has 47 valence electrons. The number of nitrogens with zero attached hydrogens (tertiary/aromatic N) is 1. The Bertz CT molecular complexity index is 84.5. The highest BCUT2D eigenvalue weighted by Gasteiger charge is 2.00. The molecular formula is C5H9BrNO. The molecule has 0 rings (SSSR count). The van der Waals surface area contributed by atoms with Crippen LogP contribution < -0.4 is 0 Å². The van der Waals surface area contributed by atoms with Crippen LogP contribution in [0.5, 0.6) is 0 Å². The van der Waals surface area contributed by atoms with E-state index in [1.165, 1.54) is 0 Å². The van der Waals surface area contributed by atoms with E-state index in [1.807, 2.05) is 0 Å². The molecule has 0 bridgehead atoms. The van der Waals surface area contributed by atoms with Gasteiger partial charge in [-0.25, -0.2) is 0 Å². The second-order valence-electron chi connectivity index (χ2n) is 1.45. The van der Waals surface area contributed by atoms with Crippen molar-refractivity contribution in [1.29, 1.82) is 0 Å². The summed E-state index contributed by atoms with van der Waals surface area (Å²) in [6, 6.07) is 0. The molecule has 0 aliphatic carbocycles. The Kier molecular flexibility index (Phi) is 3.87. The zero-order chi connectivity index (χ0) is 6.57. The summed E-state index contributed by atoms with van der Waals surface area (Å²) in [6.45, 7) is 4.07. The van der Waals surface area contributed by atoms with E-state index in [-0.39, 0.29) is 5.91 Å². The first-order valence-electron chi connectivity index (χ1n) is 2.31. The molecule has 3 heteroatoms. The maximum Gasteiger partial charge on any atom is 0.232 e. The van der Waals surface area contributed by atoms with Crippen LogP contribution in [0.3, 0.4) is 0 Å². The van der Waals surface area contributed by atoms with Crippen LogP contribution in [0, 0.1) is 6.92 Å². The van der Waals surface area contributed by atoms with Crippen molar-refractivity contribution in [3.05, 3.63) is 6.92 Å². The van der Waals surface area contributed by atoms with Gasteiger partial charge in [-0.3, -0.25) is 4.79 Å². The molecule has 1 amide bonds.